The smallest absolute Gasteiger partial charge is 0.328 e. The first-order valence-corrected chi connectivity index (χ1v) is 48.4. The Labute approximate surface area is 833 Å². The van der Waals surface area contributed by atoms with Crippen LogP contribution in [0.1, 0.15) is 148 Å². The van der Waals surface area contributed by atoms with Crippen molar-refractivity contribution in [1.29, 1.82) is 0 Å². The monoisotopic (exact) mass is 2050 g/mol. The molecule has 1 heterocycles. The van der Waals surface area contributed by atoms with Gasteiger partial charge in [0, 0.05) is 130 Å². The van der Waals surface area contributed by atoms with Gasteiger partial charge in [0.1, 0.15) is 56.1 Å². The van der Waals surface area contributed by atoms with E-state index in [0.29, 0.717) is 38.5 Å². The lowest BCUT2D eigenvalue weighted by Crippen LogP contribution is -2.51. The maximum atomic E-state index is 14.2. The van der Waals surface area contributed by atoms with Gasteiger partial charge < -0.3 is 138 Å². The van der Waals surface area contributed by atoms with E-state index in [9.17, 15) is 127 Å². The van der Waals surface area contributed by atoms with E-state index < -0.39 is 194 Å². The number of unbranched alkanes of at least 4 members (excludes halogenated alkanes) is 2. The van der Waals surface area contributed by atoms with Crippen molar-refractivity contribution < 1.29 is 170 Å². The minimum atomic E-state index is -1.60. The standard InChI is InChI=1S/C93H146N16O35/c1-61(2)50-73(102-80(116)60-143-49-46-140-43-32-97-78(114)58-141-47-44-138-42-31-96-75(111)24-21-70(90(132)133)101-76(112)25-27-82(119)120)92(136)144-62(3)14-23-74(110)95-30-41-139-45-48-142-59-79(115)100-68(12-6-8-28-94-77(113)54-106-33-35-107(55-83(121)122)37-39-109(57-85(125)126)40-38-108(36-34-106)56-84(123)124)87(128)99-53-63-15-19-66(20-16-63)86(127)103-72(52-64-17-18-65-10-4-5-11-67(65)51-64)88(129)98-29-9-7-13-69(89(130)131)104-93(137)105-71(91(134)135)22-26-81(117)118/h4-5,10-11,17-18,51,61-63,66,68-73H,6-9,12-16,19-50,52-60H2,1-3H3,(H,94,113)(H,95,110)(H,96,111)(H,97,114)(H,98,129)(H,99,128)(H,100,115)(H,101,112)(H,102,116)(H,103,127)(H,117,118)(H,119,120)(H,121,122)(H,123,124)(H,125,126)(H,130,131)(H,132,133)(H,134,135)(H2,104,105,137)/t62-,63?,66?,68+,69+,70+,71+,72+,73+/m1/s1. The maximum Gasteiger partial charge on any atom is 0.328 e. The topological polar surface area (TPSA) is 725 Å². The lowest BCUT2D eigenvalue weighted by molar-refractivity contribution is -0.154. The molecule has 20 N–H and O–H groups in total. The second-order valence-corrected chi connectivity index (χ2v) is 35.3. The number of esters is 1. The van der Waals surface area contributed by atoms with Crippen LogP contribution in [0.4, 0.5) is 4.79 Å². The minimum absolute atomic E-state index is 0.000591. The summed E-state index contributed by atoms with van der Waals surface area (Å²) < 4.78 is 38.4. The van der Waals surface area contributed by atoms with Crippen LogP contribution in [0, 0.1) is 17.8 Å². The van der Waals surface area contributed by atoms with Crippen LogP contribution in [0.25, 0.3) is 10.8 Å². The maximum absolute atomic E-state index is 14.2. The molecule has 1 saturated heterocycles. The first-order chi connectivity index (χ1) is 68.7. The number of carboxylic acids is 8. The first kappa shape index (κ1) is 124. The molecule has 2 aliphatic rings. The predicted octanol–water partition coefficient (Wildman–Crippen LogP) is -2.70. The summed E-state index contributed by atoms with van der Waals surface area (Å²) in [5, 5.41) is 108. The zero-order valence-electron chi connectivity index (χ0n) is 82.1. The number of hydrogen-bond acceptors (Lipinski definition) is 31. The molecule has 4 rings (SSSR count). The van der Waals surface area contributed by atoms with Gasteiger partial charge in [-0.05, 0) is 125 Å². The molecule has 0 spiro atoms. The quantitative estimate of drug-likeness (QED) is 0.0237. The molecule has 2 aromatic rings. The number of aliphatic carboxylic acids is 8. The molecule has 51 nitrogen and oxygen atoms in total. The summed E-state index contributed by atoms with van der Waals surface area (Å²) in [6, 6.07) is 4.51. The zero-order valence-corrected chi connectivity index (χ0v) is 82.1. The fraction of sp³-hybridized carbons (Fsp3) is 0.677. The second-order valence-electron chi connectivity index (χ2n) is 35.3. The third-order valence-electron chi connectivity index (χ3n) is 22.8. The molecule has 144 heavy (non-hydrogen) atoms. The van der Waals surface area contributed by atoms with E-state index in [-0.39, 0.29) is 272 Å². The average molecular weight is 2050 g/mol. The molecule has 2 aromatic carbocycles. The molecule has 0 radical (unpaired) electrons. The minimum Gasteiger partial charge on any atom is -0.481 e. The van der Waals surface area contributed by atoms with Gasteiger partial charge in [0.25, 0.3) is 0 Å². The number of carbonyl (C=O) groups excluding carboxylic acids is 12. The number of hydrogen-bond donors (Lipinski definition) is 20. The van der Waals surface area contributed by atoms with Gasteiger partial charge in [0.15, 0.2) is 0 Å². The molecule has 0 bridgehead atoms. The Morgan fingerprint density at radius 2 is 0.764 bits per heavy atom. The first-order valence-electron chi connectivity index (χ1n) is 48.4. The summed E-state index contributed by atoms with van der Waals surface area (Å²) in [7, 11) is 0. The normalized spacial score (nSPS) is 15.9. The second kappa shape index (κ2) is 71.9. The van der Waals surface area contributed by atoms with E-state index in [1.54, 1.807) is 26.5 Å². The molecule has 1 aliphatic carbocycles. The Bertz CT molecular complexity index is 4380. The van der Waals surface area contributed by atoms with Crippen molar-refractivity contribution >= 4 is 130 Å². The van der Waals surface area contributed by atoms with Gasteiger partial charge in [-0.3, -0.25) is 91.5 Å². The average Bonchev–Trinajstić information content (AvgIpc) is 0.827. The van der Waals surface area contributed by atoms with Crippen molar-refractivity contribution in [2.75, 3.05) is 197 Å². The van der Waals surface area contributed by atoms with E-state index in [1.807, 2.05) is 56.3 Å². The van der Waals surface area contributed by atoms with E-state index in [2.05, 4.69) is 63.8 Å². The fourth-order valence-electron chi connectivity index (χ4n) is 15.1. The molecule has 0 aromatic heterocycles. The van der Waals surface area contributed by atoms with E-state index in [4.69, 9.17) is 43.4 Å². The lowest BCUT2D eigenvalue weighted by atomic mass is 9.81. The molecular weight excluding hydrogens is 1900 g/mol. The number of urea groups is 1. The van der Waals surface area contributed by atoms with Gasteiger partial charge in [-0.1, -0.05) is 56.3 Å². The number of nitrogens with zero attached hydrogens (tertiary/aromatic N) is 4. The molecule has 1 saturated carbocycles. The van der Waals surface area contributed by atoms with Crippen LogP contribution in [-0.4, -0.2) is 419 Å². The van der Waals surface area contributed by atoms with Crippen LogP contribution in [0.5, 0.6) is 0 Å². The van der Waals surface area contributed by atoms with Crippen molar-refractivity contribution in [3.8, 4) is 0 Å². The van der Waals surface area contributed by atoms with E-state index >= 15 is 0 Å². The van der Waals surface area contributed by atoms with Crippen LogP contribution in [0.2, 0.25) is 0 Å². The lowest BCUT2D eigenvalue weighted by Gasteiger charge is -2.32. The summed E-state index contributed by atoms with van der Waals surface area (Å²) in [6.07, 6.45) is 0.162. The Hall–Kier alpha value is -12.5. The molecule has 7 atom stereocenters. The van der Waals surface area contributed by atoms with Gasteiger partial charge in [0.2, 0.25) is 59.1 Å². The van der Waals surface area contributed by atoms with Gasteiger partial charge in [0.05, 0.1) is 98.2 Å². The number of nitrogens with one attached hydrogen (secondary N) is 12. The highest BCUT2D eigenvalue weighted by atomic mass is 16.6. The Morgan fingerprint density at radius 1 is 0.347 bits per heavy atom. The fourth-order valence-corrected chi connectivity index (χ4v) is 15.1. The van der Waals surface area contributed by atoms with Gasteiger partial charge in [-0.2, -0.15) is 0 Å². The third-order valence-corrected chi connectivity index (χ3v) is 22.8. The number of amides is 12. The number of carboxylic acid groups (broad SMARTS) is 8. The Morgan fingerprint density at radius 3 is 1.26 bits per heavy atom. The van der Waals surface area contributed by atoms with Crippen LogP contribution < -0.4 is 63.8 Å². The van der Waals surface area contributed by atoms with Crippen LogP contribution in [-0.2, 0) is 131 Å². The zero-order chi connectivity index (χ0) is 106. The number of carbonyl (C=O) groups is 20. The van der Waals surface area contributed by atoms with Crippen molar-refractivity contribution in [3.63, 3.8) is 0 Å². The molecule has 51 heteroatoms. The highest BCUT2D eigenvalue weighted by Crippen LogP contribution is 2.29. The van der Waals surface area contributed by atoms with Crippen molar-refractivity contribution in [2.45, 2.75) is 192 Å². The molecule has 0 unspecified atom stereocenters. The SMILES string of the molecule is CC(C)C[C@H](NC(=O)COCCOCCNC(=O)COCCOCCNC(=O)CC[C@H](NC(=O)CCC(=O)O)C(=O)O)C(=O)O[C@H](C)CCC(=O)NCCOCCOCC(=O)N[C@@H](CCCCNC(=O)CN1CCN(CC(=O)O)CCN(CC(=O)O)CCN(CC(=O)O)CC1)C(=O)NCC1CCC(C(=O)N[C@@H](Cc2ccc3ccccc3c2)C(=O)NCCCC[C@H](NC(=O)N[C@@H](CCC(=O)O)C(=O)O)C(=O)O)CC1. The summed E-state index contributed by atoms with van der Waals surface area (Å²) in [5.74, 6) is -16.6. The van der Waals surface area contributed by atoms with Crippen LogP contribution in [0.3, 0.4) is 0 Å². The van der Waals surface area contributed by atoms with E-state index in [1.165, 1.54) is 0 Å². The van der Waals surface area contributed by atoms with Crippen molar-refractivity contribution in [1.82, 2.24) is 83.4 Å². The summed E-state index contributed by atoms with van der Waals surface area (Å²) >= 11 is 0. The summed E-state index contributed by atoms with van der Waals surface area (Å²) in [4.78, 5) is 256. The number of rotatable bonds is 74. The largest absolute Gasteiger partial charge is 0.481 e. The number of fused-ring (bicyclic) bond motifs is 1. The summed E-state index contributed by atoms with van der Waals surface area (Å²) in [6.45, 7) is 5.56. The Balaban J connectivity index is 1.23. The Kier molecular flexibility index (Phi) is 61.8. The highest BCUT2D eigenvalue weighted by molar-refractivity contribution is 5.92. The third kappa shape index (κ3) is 58.3. The van der Waals surface area contributed by atoms with Gasteiger partial charge >= 0.3 is 59.8 Å². The molecular formula is C93H146N16O35. The van der Waals surface area contributed by atoms with Crippen LogP contribution in [0.15, 0.2) is 42.5 Å². The van der Waals surface area contributed by atoms with Crippen molar-refractivity contribution in [2.24, 2.45) is 17.8 Å². The predicted molar refractivity (Wildman–Crippen MR) is 510 cm³/mol. The van der Waals surface area contributed by atoms with Crippen LogP contribution >= 0.6 is 0 Å². The van der Waals surface area contributed by atoms with E-state index in [0.717, 1.165) is 16.3 Å². The molecule has 1 aliphatic heterocycles. The number of benzene rings is 2. The summed E-state index contributed by atoms with van der Waals surface area (Å²) in [5.41, 5.74) is 0.746. The van der Waals surface area contributed by atoms with Crippen molar-refractivity contribution in [3.05, 3.63) is 48.0 Å². The van der Waals surface area contributed by atoms with Gasteiger partial charge in [-0.25, -0.2) is 24.0 Å². The highest BCUT2D eigenvalue weighted by Gasteiger charge is 2.34. The molecule has 12 amide bonds. The van der Waals surface area contributed by atoms with Gasteiger partial charge in [-0.15, -0.1) is 0 Å². The molecule has 2 fully saturated rings. The number of ether oxygens (including phenoxy) is 7. The molecule has 808 valence electrons.